The van der Waals surface area contributed by atoms with Crippen molar-refractivity contribution in [1.82, 2.24) is 25.3 Å². The van der Waals surface area contributed by atoms with Crippen molar-refractivity contribution in [3.8, 4) is 0 Å². The molecular weight excluding hydrogens is 455 g/mol. The fraction of sp³-hybridized carbons (Fsp3) is 0.250. The van der Waals surface area contributed by atoms with Crippen LogP contribution >= 0.6 is 0 Å². The van der Waals surface area contributed by atoms with Gasteiger partial charge in [-0.3, -0.25) is 9.59 Å². The molecule has 0 saturated carbocycles. The van der Waals surface area contributed by atoms with Gasteiger partial charge in [0, 0.05) is 24.7 Å². The van der Waals surface area contributed by atoms with Gasteiger partial charge in [-0.15, -0.1) is 0 Å². The number of aliphatic carboxylic acids is 2. The Morgan fingerprint density at radius 1 is 1.09 bits per heavy atom. The number of carbonyl (C=O) groups excluding carboxylic acids is 1. The molecule has 174 valence electrons. The Bertz CT molecular complexity index is 1210. The summed E-state index contributed by atoms with van der Waals surface area (Å²) in [6.07, 6.45) is 0.964. The van der Waals surface area contributed by atoms with E-state index in [-0.39, 0.29) is 59.7 Å². The second kappa shape index (κ2) is 11.5. The second-order valence-corrected chi connectivity index (χ2v) is 7.20. The van der Waals surface area contributed by atoms with E-state index in [0.717, 1.165) is 5.69 Å². The Labute approximate surface area is 215 Å². The van der Waals surface area contributed by atoms with Crippen LogP contribution in [-0.4, -0.2) is 90.6 Å². The number of hydrogen-bond acceptors (Lipinski definition) is 10. The Kier molecular flexibility index (Phi) is 9.06. The van der Waals surface area contributed by atoms with Gasteiger partial charge in [0.1, 0.15) is 6.04 Å². The Balaban J connectivity index is 0.00000408. The van der Waals surface area contributed by atoms with Crippen LogP contribution in [0.4, 0.5) is 17.5 Å². The number of benzene rings is 1. The zero-order chi connectivity index (χ0) is 24.1. The predicted molar refractivity (Wildman–Crippen MR) is 125 cm³/mol. The summed E-state index contributed by atoms with van der Waals surface area (Å²) in [6.45, 7) is 0.370. The van der Waals surface area contributed by atoms with Crippen molar-refractivity contribution >= 4 is 76.0 Å². The van der Waals surface area contributed by atoms with Crippen molar-refractivity contribution in [2.24, 2.45) is 0 Å². The topological polar surface area (TPSA) is 211 Å². The van der Waals surface area contributed by atoms with Gasteiger partial charge in [-0.1, -0.05) is 0 Å². The van der Waals surface area contributed by atoms with Crippen LogP contribution in [-0.2, 0) is 16.1 Å². The molecule has 0 aliphatic heterocycles. The summed E-state index contributed by atoms with van der Waals surface area (Å²) in [6, 6.07) is 5.16. The summed E-state index contributed by atoms with van der Waals surface area (Å²) in [4.78, 5) is 52.7. The quantitative estimate of drug-likeness (QED) is 0.249. The fourth-order valence-corrected chi connectivity index (χ4v) is 3.03. The number of carbonyl (C=O) groups is 3. The molecule has 1 amide bonds. The third-order valence-corrected chi connectivity index (χ3v) is 4.72. The number of hydrogen-bond donors (Lipinski definition) is 5. The van der Waals surface area contributed by atoms with Crippen molar-refractivity contribution in [2.45, 2.75) is 25.4 Å². The number of rotatable bonds is 9. The zero-order valence-corrected chi connectivity index (χ0v) is 17.6. The number of nitrogens with zero attached hydrogens (tertiary/aromatic N) is 5. The van der Waals surface area contributed by atoms with Crippen LogP contribution in [0.5, 0.6) is 0 Å². The van der Waals surface area contributed by atoms with Crippen molar-refractivity contribution in [3.05, 3.63) is 41.7 Å². The van der Waals surface area contributed by atoms with E-state index in [0.29, 0.717) is 23.4 Å². The van der Waals surface area contributed by atoms with E-state index >= 15 is 0 Å². The normalized spacial score (nSPS) is 11.3. The van der Waals surface area contributed by atoms with Gasteiger partial charge in [0.25, 0.3) is 5.91 Å². The van der Waals surface area contributed by atoms with E-state index in [1.165, 1.54) is 12.1 Å². The zero-order valence-electron chi connectivity index (χ0n) is 17.6. The van der Waals surface area contributed by atoms with Gasteiger partial charge < -0.3 is 31.9 Å². The predicted octanol–water partition coefficient (Wildman–Crippen LogP) is -0.380. The van der Waals surface area contributed by atoms with Crippen LogP contribution in [0.25, 0.3) is 11.2 Å². The first-order valence-corrected chi connectivity index (χ1v) is 9.75. The van der Waals surface area contributed by atoms with Crippen LogP contribution in [0.1, 0.15) is 28.9 Å². The molecule has 0 aliphatic carbocycles. The maximum absolute atomic E-state index is 12.4. The van der Waals surface area contributed by atoms with Crippen LogP contribution in [0.3, 0.4) is 0 Å². The molecule has 2 heterocycles. The average molecular weight is 478 g/mol. The molecule has 2 aromatic heterocycles. The number of aromatic nitrogens is 4. The monoisotopic (exact) mass is 478 g/mol. The first-order valence-electron chi connectivity index (χ1n) is 9.75. The molecule has 0 unspecified atom stereocenters. The molecule has 1 atom stereocenters. The summed E-state index contributed by atoms with van der Waals surface area (Å²) in [5, 5.41) is 20.2. The average Bonchev–Trinajstić information content (AvgIpc) is 2.76. The number of carboxylic acids is 2. The van der Waals surface area contributed by atoms with Gasteiger partial charge in [0.05, 0.1) is 18.4 Å². The second-order valence-electron chi connectivity index (χ2n) is 7.20. The van der Waals surface area contributed by atoms with Gasteiger partial charge >= 0.3 is 41.5 Å². The van der Waals surface area contributed by atoms with Gasteiger partial charge in [-0.25, -0.2) is 14.8 Å². The Morgan fingerprint density at radius 2 is 1.76 bits per heavy atom. The standard InChI is InChI=1S/C20H22N8O5.Na.H/c1-28(9-11-8-23-17-15(24-11)16(21)26-20(22)27-17)12-4-2-10(3-5-12)18(31)25-13(19(32)33)6-7-14(29)30;;/h2-5,8,13H,6-7,9H2,1H3,(H,25,31)(H,29,30)(H,32,33)(H4,21,22,23,26,27);;/t13-;;/m0../s1. The molecule has 0 fully saturated rings. The maximum atomic E-state index is 12.4. The SMILES string of the molecule is CN(Cc1cnc2nc(N)nc(N)c2n1)c1ccc(C(=O)N[C@@H](CCC(=O)O)C(=O)O)cc1.[NaH]. The van der Waals surface area contributed by atoms with Crippen LogP contribution < -0.4 is 21.7 Å². The summed E-state index contributed by atoms with van der Waals surface area (Å²) in [5.41, 5.74) is 13.7. The minimum atomic E-state index is -1.30. The molecule has 1 aromatic carbocycles. The minimum absolute atomic E-state index is 0. The van der Waals surface area contributed by atoms with E-state index in [2.05, 4.69) is 25.3 Å². The molecule has 34 heavy (non-hydrogen) atoms. The van der Waals surface area contributed by atoms with Gasteiger partial charge in [0.15, 0.2) is 17.0 Å². The molecule has 7 N–H and O–H groups in total. The number of amides is 1. The van der Waals surface area contributed by atoms with E-state index in [9.17, 15) is 19.5 Å². The third kappa shape index (κ3) is 6.73. The van der Waals surface area contributed by atoms with Crippen LogP contribution in [0.15, 0.2) is 30.5 Å². The van der Waals surface area contributed by atoms with Crippen LogP contribution in [0, 0.1) is 0 Å². The molecule has 0 radical (unpaired) electrons. The molecule has 3 rings (SSSR count). The van der Waals surface area contributed by atoms with Crippen molar-refractivity contribution in [2.75, 3.05) is 23.4 Å². The summed E-state index contributed by atoms with van der Waals surface area (Å²) < 4.78 is 0. The number of nitrogens with one attached hydrogen (secondary N) is 1. The number of anilines is 3. The molecule has 14 heteroatoms. The molecule has 0 bridgehead atoms. The van der Waals surface area contributed by atoms with Gasteiger partial charge in [-0.05, 0) is 30.7 Å². The van der Waals surface area contributed by atoms with Gasteiger partial charge in [-0.2, -0.15) is 9.97 Å². The first-order chi connectivity index (χ1) is 15.6. The van der Waals surface area contributed by atoms with E-state index in [1.807, 2.05) is 11.9 Å². The fourth-order valence-electron chi connectivity index (χ4n) is 3.03. The Hall–Kier alpha value is -3.55. The number of nitrogen functional groups attached to an aromatic ring is 2. The molecule has 3 aromatic rings. The summed E-state index contributed by atoms with van der Waals surface area (Å²) >= 11 is 0. The summed E-state index contributed by atoms with van der Waals surface area (Å²) in [7, 11) is 1.82. The third-order valence-electron chi connectivity index (χ3n) is 4.72. The van der Waals surface area contributed by atoms with Gasteiger partial charge in [0.2, 0.25) is 5.95 Å². The molecule has 13 nitrogen and oxygen atoms in total. The number of fused-ring (bicyclic) bond motifs is 1. The first kappa shape index (κ1) is 26.7. The Morgan fingerprint density at radius 3 is 2.38 bits per heavy atom. The van der Waals surface area contributed by atoms with E-state index in [4.69, 9.17) is 16.6 Å². The van der Waals surface area contributed by atoms with Crippen LogP contribution in [0.2, 0.25) is 0 Å². The van der Waals surface area contributed by atoms with Crippen molar-refractivity contribution < 1.29 is 24.6 Å². The molecule has 0 aliphatic rings. The van der Waals surface area contributed by atoms with Crippen molar-refractivity contribution in [3.63, 3.8) is 0 Å². The van der Waals surface area contributed by atoms with E-state index < -0.39 is 23.9 Å². The molecule has 0 saturated heterocycles. The number of carboxylic acid groups (broad SMARTS) is 2. The molecule has 0 spiro atoms. The van der Waals surface area contributed by atoms with E-state index in [1.54, 1.807) is 18.3 Å². The molecular formula is C20H23N8NaO5. The van der Waals surface area contributed by atoms with Crippen molar-refractivity contribution in [1.29, 1.82) is 0 Å². The summed E-state index contributed by atoms with van der Waals surface area (Å²) in [5.74, 6) is -2.91. The number of nitrogens with two attached hydrogens (primary N) is 2.